The van der Waals surface area contributed by atoms with Crippen molar-refractivity contribution in [3.8, 4) is 0 Å². The summed E-state index contributed by atoms with van der Waals surface area (Å²) in [6.45, 7) is 13.1. The van der Waals surface area contributed by atoms with Crippen molar-refractivity contribution in [2.24, 2.45) is 16.8 Å². The molecule has 1 saturated heterocycles. The van der Waals surface area contributed by atoms with Gasteiger partial charge in [0.25, 0.3) is 0 Å². The molecule has 0 aromatic heterocycles. The molecule has 0 amide bonds. The summed E-state index contributed by atoms with van der Waals surface area (Å²) in [7, 11) is 0. The van der Waals surface area contributed by atoms with Gasteiger partial charge < -0.3 is 0 Å². The van der Waals surface area contributed by atoms with Gasteiger partial charge in [0.2, 0.25) is 0 Å². The zero-order chi connectivity index (χ0) is 11.9. The van der Waals surface area contributed by atoms with Crippen LogP contribution in [-0.2, 0) is 0 Å². The molecule has 16 heavy (non-hydrogen) atoms. The second-order valence-electron chi connectivity index (χ2n) is 5.16. The van der Waals surface area contributed by atoms with Crippen LogP contribution in [0.1, 0.15) is 34.1 Å². The Morgan fingerprint density at radius 2 is 2.06 bits per heavy atom. The Morgan fingerprint density at radius 1 is 1.38 bits per heavy atom. The first-order valence-corrected chi connectivity index (χ1v) is 7.01. The highest BCUT2D eigenvalue weighted by Gasteiger charge is 2.35. The van der Waals surface area contributed by atoms with Crippen LogP contribution in [0.25, 0.3) is 0 Å². The van der Waals surface area contributed by atoms with Gasteiger partial charge in [-0.2, -0.15) is 11.8 Å². The minimum atomic E-state index is 0.459. The first kappa shape index (κ1) is 12.0. The highest BCUT2D eigenvalue weighted by atomic mass is 32.2. The molecule has 0 bridgehead atoms. The SMILES string of the molecule is C=C1N=C(C)C(C)=CC1C1CC(C)C(C)S1. The van der Waals surface area contributed by atoms with Gasteiger partial charge in [-0.1, -0.05) is 26.5 Å². The van der Waals surface area contributed by atoms with E-state index in [1.54, 1.807) is 0 Å². The van der Waals surface area contributed by atoms with E-state index in [4.69, 9.17) is 0 Å². The number of thioether (sulfide) groups is 1. The van der Waals surface area contributed by atoms with Crippen LogP contribution in [0.2, 0.25) is 0 Å². The van der Waals surface area contributed by atoms with Crippen molar-refractivity contribution in [2.45, 2.75) is 44.6 Å². The molecule has 2 heterocycles. The topological polar surface area (TPSA) is 12.4 Å². The van der Waals surface area contributed by atoms with Crippen LogP contribution in [0.15, 0.2) is 28.9 Å². The molecule has 88 valence electrons. The number of nitrogens with zero attached hydrogens (tertiary/aromatic N) is 1. The third kappa shape index (κ3) is 2.13. The molecular formula is C14H21NS. The first-order chi connectivity index (χ1) is 7.49. The highest BCUT2D eigenvalue weighted by molar-refractivity contribution is 8.00. The van der Waals surface area contributed by atoms with E-state index >= 15 is 0 Å². The van der Waals surface area contributed by atoms with Gasteiger partial charge in [0.15, 0.2) is 0 Å². The summed E-state index contributed by atoms with van der Waals surface area (Å²) in [6, 6.07) is 0. The molecule has 4 atom stereocenters. The van der Waals surface area contributed by atoms with Crippen molar-refractivity contribution in [2.75, 3.05) is 0 Å². The quantitative estimate of drug-likeness (QED) is 0.667. The minimum absolute atomic E-state index is 0.459. The smallest absolute Gasteiger partial charge is 0.0415 e. The minimum Gasteiger partial charge on any atom is -0.258 e. The van der Waals surface area contributed by atoms with Gasteiger partial charge in [0.1, 0.15) is 0 Å². The van der Waals surface area contributed by atoms with Crippen molar-refractivity contribution < 1.29 is 0 Å². The summed E-state index contributed by atoms with van der Waals surface area (Å²) in [6.07, 6.45) is 3.67. The Labute approximate surface area is 103 Å². The lowest BCUT2D eigenvalue weighted by molar-refractivity contribution is 0.521. The van der Waals surface area contributed by atoms with Crippen molar-refractivity contribution in [1.82, 2.24) is 0 Å². The van der Waals surface area contributed by atoms with Gasteiger partial charge in [-0.15, -0.1) is 0 Å². The molecular weight excluding hydrogens is 214 g/mol. The maximum absolute atomic E-state index is 4.58. The molecule has 0 aromatic carbocycles. The van der Waals surface area contributed by atoms with Gasteiger partial charge in [-0.25, -0.2) is 0 Å². The number of allylic oxidation sites excluding steroid dienone is 2. The second kappa shape index (κ2) is 4.40. The van der Waals surface area contributed by atoms with Gasteiger partial charge >= 0.3 is 0 Å². The Hall–Kier alpha value is -0.500. The molecule has 2 heteroatoms. The summed E-state index contributed by atoms with van der Waals surface area (Å²) in [4.78, 5) is 4.58. The van der Waals surface area contributed by atoms with Gasteiger partial charge in [-0.05, 0) is 31.8 Å². The van der Waals surface area contributed by atoms with Crippen LogP contribution in [0.5, 0.6) is 0 Å². The summed E-state index contributed by atoms with van der Waals surface area (Å²) >= 11 is 2.11. The lowest BCUT2D eigenvalue weighted by atomic mass is 9.90. The summed E-state index contributed by atoms with van der Waals surface area (Å²) < 4.78 is 0. The average molecular weight is 235 g/mol. The van der Waals surface area contributed by atoms with Crippen LogP contribution in [-0.4, -0.2) is 16.2 Å². The Morgan fingerprint density at radius 3 is 2.62 bits per heavy atom. The second-order valence-corrected chi connectivity index (χ2v) is 6.78. The van der Waals surface area contributed by atoms with Gasteiger partial charge in [-0.3, -0.25) is 4.99 Å². The number of hydrogen-bond donors (Lipinski definition) is 0. The van der Waals surface area contributed by atoms with Gasteiger partial charge in [0.05, 0.1) is 0 Å². The number of aliphatic imine (C=N–C) groups is 1. The molecule has 0 N–H and O–H groups in total. The van der Waals surface area contributed by atoms with E-state index in [-0.39, 0.29) is 0 Å². The molecule has 0 radical (unpaired) electrons. The van der Waals surface area contributed by atoms with Crippen LogP contribution in [0, 0.1) is 11.8 Å². The Kier molecular flexibility index (Phi) is 3.29. The standard InChI is InChI=1S/C14H21NS/c1-8-6-13(11(4)15-10(8)3)14-7-9(2)12(5)16-14/h6,9,12-14H,4,7H2,1-3,5H3. The molecule has 2 aliphatic rings. The van der Waals surface area contributed by atoms with Crippen LogP contribution in [0.4, 0.5) is 0 Å². The van der Waals surface area contributed by atoms with Crippen molar-refractivity contribution in [1.29, 1.82) is 0 Å². The summed E-state index contributed by atoms with van der Waals surface area (Å²) in [5.41, 5.74) is 3.51. The monoisotopic (exact) mass is 235 g/mol. The fourth-order valence-corrected chi connectivity index (χ4v) is 4.19. The summed E-state index contributed by atoms with van der Waals surface area (Å²) in [5.74, 6) is 1.28. The summed E-state index contributed by atoms with van der Waals surface area (Å²) in [5, 5.41) is 1.46. The lowest BCUT2D eigenvalue weighted by Gasteiger charge is -2.24. The van der Waals surface area contributed by atoms with E-state index < -0.39 is 0 Å². The zero-order valence-corrected chi connectivity index (χ0v) is 11.5. The van der Waals surface area contributed by atoms with E-state index in [0.29, 0.717) is 11.2 Å². The molecule has 0 saturated carbocycles. The largest absolute Gasteiger partial charge is 0.258 e. The van der Waals surface area contributed by atoms with E-state index in [1.807, 2.05) is 0 Å². The van der Waals surface area contributed by atoms with Gasteiger partial charge in [0, 0.05) is 27.8 Å². The van der Waals surface area contributed by atoms with Crippen LogP contribution in [0.3, 0.4) is 0 Å². The predicted octanol–water partition coefficient (Wildman–Crippen LogP) is 4.07. The fraction of sp³-hybridized carbons (Fsp3) is 0.643. The maximum atomic E-state index is 4.58. The normalized spacial score (nSPS) is 39.6. The number of hydrogen-bond acceptors (Lipinski definition) is 2. The first-order valence-electron chi connectivity index (χ1n) is 6.07. The lowest BCUT2D eigenvalue weighted by Crippen LogP contribution is -2.19. The van der Waals surface area contributed by atoms with E-state index in [1.165, 1.54) is 12.0 Å². The van der Waals surface area contributed by atoms with E-state index in [9.17, 15) is 0 Å². The molecule has 0 aliphatic carbocycles. The van der Waals surface area contributed by atoms with Crippen molar-refractivity contribution in [3.63, 3.8) is 0 Å². The average Bonchev–Trinajstić information content (AvgIpc) is 2.53. The van der Waals surface area contributed by atoms with E-state index in [2.05, 4.69) is 57.1 Å². The number of rotatable bonds is 1. The number of dihydropyridines is 1. The predicted molar refractivity (Wildman–Crippen MR) is 74.1 cm³/mol. The van der Waals surface area contributed by atoms with Crippen LogP contribution < -0.4 is 0 Å². The molecule has 1 nitrogen and oxygen atoms in total. The molecule has 2 rings (SSSR count). The zero-order valence-electron chi connectivity index (χ0n) is 10.7. The fourth-order valence-electron chi connectivity index (χ4n) is 2.44. The molecule has 4 unspecified atom stereocenters. The molecule has 2 aliphatic heterocycles. The molecule has 0 aromatic rings. The van der Waals surface area contributed by atoms with Crippen molar-refractivity contribution >= 4 is 17.5 Å². The van der Waals surface area contributed by atoms with E-state index in [0.717, 1.165) is 22.6 Å². The third-order valence-corrected chi connectivity index (χ3v) is 5.62. The van der Waals surface area contributed by atoms with Crippen molar-refractivity contribution in [3.05, 3.63) is 23.9 Å². The Bertz CT molecular complexity index is 357. The third-order valence-electron chi connectivity index (χ3n) is 3.89. The Balaban J connectivity index is 2.15. The molecule has 0 spiro atoms. The van der Waals surface area contributed by atoms with Crippen LogP contribution >= 0.6 is 11.8 Å². The highest BCUT2D eigenvalue weighted by Crippen LogP contribution is 2.44. The maximum Gasteiger partial charge on any atom is 0.0415 e. The molecule has 1 fully saturated rings.